The second-order valence-corrected chi connectivity index (χ2v) is 5.62. The SMILES string of the molecule is O=C(C1=Cc2cc(Cl)ccc2OC1)N1CCC[C@H](O)C1. The Bertz CT molecular complexity index is 570. The Hall–Kier alpha value is -1.52. The van der Waals surface area contributed by atoms with Gasteiger partial charge in [-0.15, -0.1) is 0 Å². The molecule has 0 radical (unpaired) electrons. The molecule has 0 bridgehead atoms. The number of hydrogen-bond donors (Lipinski definition) is 1. The normalized spacial score (nSPS) is 21.8. The first kappa shape index (κ1) is 13.5. The van der Waals surface area contributed by atoms with Crippen molar-refractivity contribution < 1.29 is 14.6 Å². The van der Waals surface area contributed by atoms with Crippen molar-refractivity contribution in [1.29, 1.82) is 0 Å². The van der Waals surface area contributed by atoms with Gasteiger partial charge in [0.05, 0.1) is 11.7 Å². The molecule has 5 heteroatoms. The van der Waals surface area contributed by atoms with Crippen LogP contribution in [0.1, 0.15) is 18.4 Å². The summed E-state index contributed by atoms with van der Waals surface area (Å²) in [5.41, 5.74) is 1.43. The van der Waals surface area contributed by atoms with Gasteiger partial charge in [0, 0.05) is 23.7 Å². The molecule has 1 atom stereocenters. The van der Waals surface area contributed by atoms with Gasteiger partial charge in [0.2, 0.25) is 0 Å². The first-order chi connectivity index (χ1) is 9.63. The summed E-state index contributed by atoms with van der Waals surface area (Å²) in [5, 5.41) is 10.3. The minimum atomic E-state index is -0.417. The molecule has 3 rings (SSSR count). The van der Waals surface area contributed by atoms with Crippen molar-refractivity contribution in [1.82, 2.24) is 4.90 Å². The molecule has 2 heterocycles. The van der Waals surface area contributed by atoms with Crippen LogP contribution in [0, 0.1) is 0 Å². The zero-order chi connectivity index (χ0) is 14.1. The fourth-order valence-corrected chi connectivity index (χ4v) is 2.79. The number of likely N-dealkylation sites (tertiary alicyclic amines) is 1. The van der Waals surface area contributed by atoms with Crippen LogP contribution in [0.5, 0.6) is 5.75 Å². The summed E-state index contributed by atoms with van der Waals surface area (Å²) in [5.74, 6) is 0.680. The van der Waals surface area contributed by atoms with E-state index in [0.29, 0.717) is 23.7 Å². The lowest BCUT2D eigenvalue weighted by Crippen LogP contribution is -2.43. The van der Waals surface area contributed by atoms with Crippen LogP contribution in [0.2, 0.25) is 5.02 Å². The molecule has 2 aliphatic rings. The monoisotopic (exact) mass is 293 g/mol. The molecule has 0 aromatic heterocycles. The number of rotatable bonds is 1. The molecule has 0 saturated carbocycles. The number of hydrogen-bond acceptors (Lipinski definition) is 3. The number of piperidine rings is 1. The van der Waals surface area contributed by atoms with Crippen molar-refractivity contribution in [2.24, 2.45) is 0 Å². The first-order valence-electron chi connectivity index (χ1n) is 6.74. The maximum atomic E-state index is 12.4. The predicted octanol–water partition coefficient (Wildman–Crippen LogP) is 2.10. The average Bonchev–Trinajstić information content (AvgIpc) is 2.45. The third kappa shape index (κ3) is 2.67. The lowest BCUT2D eigenvalue weighted by Gasteiger charge is -2.31. The van der Waals surface area contributed by atoms with E-state index in [1.165, 1.54) is 0 Å². The van der Waals surface area contributed by atoms with Gasteiger partial charge in [-0.25, -0.2) is 0 Å². The molecule has 1 aromatic carbocycles. The fraction of sp³-hybridized carbons (Fsp3) is 0.400. The van der Waals surface area contributed by atoms with Crippen LogP contribution in [0.15, 0.2) is 23.8 Å². The highest BCUT2D eigenvalue weighted by Gasteiger charge is 2.26. The largest absolute Gasteiger partial charge is 0.488 e. The lowest BCUT2D eigenvalue weighted by molar-refractivity contribution is -0.130. The zero-order valence-corrected chi connectivity index (χ0v) is 11.8. The summed E-state index contributed by atoms with van der Waals surface area (Å²) >= 11 is 5.96. The van der Waals surface area contributed by atoms with E-state index in [1.54, 1.807) is 23.1 Å². The van der Waals surface area contributed by atoms with Crippen LogP contribution in [0.25, 0.3) is 6.08 Å². The maximum Gasteiger partial charge on any atom is 0.253 e. The first-order valence-corrected chi connectivity index (χ1v) is 7.11. The maximum absolute atomic E-state index is 12.4. The van der Waals surface area contributed by atoms with E-state index in [9.17, 15) is 9.90 Å². The molecule has 0 spiro atoms. The Morgan fingerprint density at radius 2 is 2.30 bits per heavy atom. The number of fused-ring (bicyclic) bond motifs is 1. The molecular formula is C15H16ClNO3. The fourth-order valence-electron chi connectivity index (χ4n) is 2.61. The smallest absolute Gasteiger partial charge is 0.253 e. The number of benzene rings is 1. The van der Waals surface area contributed by atoms with Crippen molar-refractivity contribution in [2.45, 2.75) is 18.9 Å². The van der Waals surface area contributed by atoms with Gasteiger partial charge >= 0.3 is 0 Å². The molecule has 4 nitrogen and oxygen atoms in total. The molecule has 2 aliphatic heterocycles. The van der Waals surface area contributed by atoms with E-state index in [1.807, 2.05) is 6.08 Å². The number of β-amino-alcohol motifs (C(OH)–C–C–N with tert-alkyl or cyclic N) is 1. The second-order valence-electron chi connectivity index (χ2n) is 5.19. The highest BCUT2D eigenvalue weighted by Crippen LogP contribution is 2.29. The number of aliphatic hydroxyl groups is 1. The van der Waals surface area contributed by atoms with Crippen molar-refractivity contribution >= 4 is 23.6 Å². The standard InChI is InChI=1S/C15H16ClNO3/c16-12-3-4-14-10(7-12)6-11(9-20-14)15(19)17-5-1-2-13(18)8-17/h3-4,6-7,13,18H,1-2,5,8-9H2/t13-/m0/s1. The van der Waals surface area contributed by atoms with Gasteiger partial charge in [0.25, 0.3) is 5.91 Å². The average molecular weight is 294 g/mol. The Kier molecular flexibility index (Phi) is 3.68. The van der Waals surface area contributed by atoms with E-state index < -0.39 is 6.10 Å². The van der Waals surface area contributed by atoms with Crippen molar-refractivity contribution in [3.05, 3.63) is 34.4 Å². The highest BCUT2D eigenvalue weighted by molar-refractivity contribution is 6.30. The Morgan fingerprint density at radius 3 is 3.10 bits per heavy atom. The van der Waals surface area contributed by atoms with E-state index in [4.69, 9.17) is 16.3 Å². The quantitative estimate of drug-likeness (QED) is 0.863. The predicted molar refractivity (Wildman–Crippen MR) is 76.7 cm³/mol. The van der Waals surface area contributed by atoms with Gasteiger partial charge in [0.15, 0.2) is 0 Å². The molecule has 20 heavy (non-hydrogen) atoms. The Morgan fingerprint density at radius 1 is 1.45 bits per heavy atom. The second kappa shape index (κ2) is 5.46. The summed E-state index contributed by atoms with van der Waals surface area (Å²) in [6, 6.07) is 5.36. The minimum Gasteiger partial charge on any atom is -0.488 e. The third-order valence-electron chi connectivity index (χ3n) is 3.64. The van der Waals surface area contributed by atoms with Crippen molar-refractivity contribution in [3.8, 4) is 5.75 Å². The van der Waals surface area contributed by atoms with E-state index in [0.717, 1.165) is 24.2 Å². The number of carbonyl (C=O) groups excluding carboxylic acids is 1. The van der Waals surface area contributed by atoms with Crippen LogP contribution >= 0.6 is 11.6 Å². The lowest BCUT2D eigenvalue weighted by atomic mass is 10.0. The topological polar surface area (TPSA) is 49.8 Å². The molecule has 1 saturated heterocycles. The van der Waals surface area contributed by atoms with E-state index in [2.05, 4.69) is 0 Å². The van der Waals surface area contributed by atoms with Crippen LogP contribution in [0.3, 0.4) is 0 Å². The minimum absolute atomic E-state index is 0.0608. The van der Waals surface area contributed by atoms with Crippen LogP contribution in [0.4, 0.5) is 0 Å². The number of aliphatic hydroxyl groups excluding tert-OH is 1. The molecule has 1 amide bonds. The van der Waals surface area contributed by atoms with E-state index >= 15 is 0 Å². The Balaban J connectivity index is 1.82. The summed E-state index contributed by atoms with van der Waals surface area (Å²) < 4.78 is 5.59. The molecule has 106 valence electrons. The van der Waals surface area contributed by atoms with Gasteiger partial charge in [-0.2, -0.15) is 0 Å². The van der Waals surface area contributed by atoms with Gasteiger partial charge in [0.1, 0.15) is 12.4 Å². The van der Waals surface area contributed by atoms with Crippen LogP contribution in [-0.4, -0.2) is 41.7 Å². The van der Waals surface area contributed by atoms with Crippen LogP contribution < -0.4 is 4.74 Å². The number of nitrogens with zero attached hydrogens (tertiary/aromatic N) is 1. The molecule has 0 unspecified atom stereocenters. The summed E-state index contributed by atoms with van der Waals surface area (Å²) in [6.07, 6.45) is 3.01. The molecule has 1 aromatic rings. The number of ether oxygens (including phenoxy) is 1. The molecule has 0 aliphatic carbocycles. The zero-order valence-electron chi connectivity index (χ0n) is 11.0. The van der Waals surface area contributed by atoms with Crippen LogP contribution in [-0.2, 0) is 4.79 Å². The number of carbonyl (C=O) groups is 1. The summed E-state index contributed by atoms with van der Waals surface area (Å²) in [6.45, 7) is 1.36. The van der Waals surface area contributed by atoms with Gasteiger partial charge < -0.3 is 14.7 Å². The molecule has 1 fully saturated rings. The van der Waals surface area contributed by atoms with Crippen molar-refractivity contribution in [2.75, 3.05) is 19.7 Å². The summed E-state index contributed by atoms with van der Waals surface area (Å²) in [7, 11) is 0. The van der Waals surface area contributed by atoms with Gasteiger partial charge in [-0.3, -0.25) is 4.79 Å². The summed E-state index contributed by atoms with van der Waals surface area (Å²) in [4.78, 5) is 14.1. The van der Waals surface area contributed by atoms with Gasteiger partial charge in [-0.1, -0.05) is 11.6 Å². The Labute approximate surface area is 122 Å². The molecule has 1 N–H and O–H groups in total. The van der Waals surface area contributed by atoms with Crippen molar-refractivity contribution in [3.63, 3.8) is 0 Å². The number of amides is 1. The van der Waals surface area contributed by atoms with E-state index in [-0.39, 0.29) is 12.5 Å². The third-order valence-corrected chi connectivity index (χ3v) is 3.88. The van der Waals surface area contributed by atoms with Gasteiger partial charge in [-0.05, 0) is 37.1 Å². The highest BCUT2D eigenvalue weighted by atomic mass is 35.5. The number of halogens is 1. The molecular weight excluding hydrogens is 278 g/mol.